The number of nitrogens with one attached hydrogen (secondary N) is 2. The fraction of sp³-hybridized carbons (Fsp3) is 0.176. The lowest BCUT2D eigenvalue weighted by Gasteiger charge is -2.13. The largest absolute Gasteiger partial charge is 0.482 e. The number of para-hydroxylation sites is 2. The van der Waals surface area contributed by atoms with E-state index in [1.165, 1.54) is 6.92 Å². The molecular weight excluding hydrogens is 351 g/mol. The Hall–Kier alpha value is -2.24. The van der Waals surface area contributed by atoms with E-state index in [1.54, 1.807) is 36.4 Å². The molecule has 0 radical (unpaired) electrons. The molecule has 0 aliphatic heterocycles. The average molecular weight is 367 g/mol. The number of amides is 2. The zero-order valence-electron chi connectivity index (χ0n) is 13.2. The van der Waals surface area contributed by atoms with Crippen molar-refractivity contribution in [1.82, 2.24) is 0 Å². The number of rotatable bonds is 5. The number of halogens is 2. The van der Waals surface area contributed by atoms with E-state index in [9.17, 15) is 9.59 Å². The minimum Gasteiger partial charge on any atom is -0.482 e. The number of benzene rings is 2. The normalized spacial score (nSPS) is 10.2. The molecule has 0 aromatic heterocycles. The Morgan fingerprint density at radius 1 is 1.08 bits per heavy atom. The second-order valence-electron chi connectivity index (χ2n) is 5.07. The van der Waals surface area contributed by atoms with Gasteiger partial charge in [0.05, 0.1) is 21.4 Å². The molecule has 0 fully saturated rings. The third-order valence-electron chi connectivity index (χ3n) is 3.11. The molecule has 0 heterocycles. The summed E-state index contributed by atoms with van der Waals surface area (Å²) in [5.41, 5.74) is 1.64. The van der Waals surface area contributed by atoms with E-state index in [0.717, 1.165) is 5.56 Å². The van der Waals surface area contributed by atoms with Crippen LogP contribution in [0.4, 0.5) is 11.4 Å². The van der Waals surface area contributed by atoms with Crippen molar-refractivity contribution in [2.45, 2.75) is 13.8 Å². The van der Waals surface area contributed by atoms with E-state index in [-0.39, 0.29) is 12.5 Å². The minimum atomic E-state index is -0.415. The highest BCUT2D eigenvalue weighted by atomic mass is 35.5. The zero-order valence-corrected chi connectivity index (χ0v) is 14.7. The highest BCUT2D eigenvalue weighted by molar-refractivity contribution is 6.40. The molecule has 2 N–H and O–H groups in total. The van der Waals surface area contributed by atoms with Crippen LogP contribution < -0.4 is 15.4 Å². The molecule has 0 aliphatic carbocycles. The molecule has 0 atom stereocenters. The molecular formula is C17H16Cl2N2O3. The van der Waals surface area contributed by atoms with Crippen LogP contribution in [0.1, 0.15) is 12.5 Å². The standard InChI is InChI=1S/C17H16Cl2N2O3/c1-10-7-8-12(18)17(16(10)19)21-15(23)9-24-14-6-4-3-5-13(14)20-11(2)22/h3-8H,9H2,1-2H3,(H,20,22)(H,21,23). The van der Waals surface area contributed by atoms with Gasteiger partial charge in [-0.25, -0.2) is 0 Å². The van der Waals surface area contributed by atoms with Gasteiger partial charge in [-0.3, -0.25) is 9.59 Å². The van der Waals surface area contributed by atoms with Crippen LogP contribution in [0.15, 0.2) is 36.4 Å². The molecule has 2 rings (SSSR count). The average Bonchev–Trinajstić information content (AvgIpc) is 2.54. The predicted molar refractivity (Wildman–Crippen MR) is 96.1 cm³/mol. The van der Waals surface area contributed by atoms with Gasteiger partial charge in [-0.15, -0.1) is 0 Å². The number of aryl methyl sites for hydroxylation is 1. The van der Waals surface area contributed by atoms with Crippen molar-refractivity contribution < 1.29 is 14.3 Å². The predicted octanol–water partition coefficient (Wildman–Crippen LogP) is 4.28. The van der Waals surface area contributed by atoms with Gasteiger partial charge in [-0.2, -0.15) is 0 Å². The molecule has 126 valence electrons. The first-order chi connectivity index (χ1) is 11.4. The lowest BCUT2D eigenvalue weighted by atomic mass is 10.2. The summed E-state index contributed by atoms with van der Waals surface area (Å²) < 4.78 is 5.47. The van der Waals surface area contributed by atoms with Gasteiger partial charge in [0.2, 0.25) is 5.91 Å². The van der Waals surface area contributed by atoms with Gasteiger partial charge in [-0.1, -0.05) is 41.4 Å². The summed E-state index contributed by atoms with van der Waals surface area (Å²) in [5.74, 6) is -0.250. The van der Waals surface area contributed by atoms with E-state index >= 15 is 0 Å². The van der Waals surface area contributed by atoms with Crippen molar-refractivity contribution >= 4 is 46.4 Å². The van der Waals surface area contributed by atoms with Crippen LogP contribution in [-0.4, -0.2) is 18.4 Å². The fourth-order valence-electron chi connectivity index (χ4n) is 1.98. The highest BCUT2D eigenvalue weighted by Crippen LogP contribution is 2.33. The van der Waals surface area contributed by atoms with E-state index in [2.05, 4.69) is 10.6 Å². The summed E-state index contributed by atoms with van der Waals surface area (Å²) in [4.78, 5) is 23.3. The lowest BCUT2D eigenvalue weighted by molar-refractivity contribution is -0.118. The number of carbonyl (C=O) groups excluding carboxylic acids is 2. The van der Waals surface area contributed by atoms with Crippen LogP contribution in [0.25, 0.3) is 0 Å². The molecule has 5 nitrogen and oxygen atoms in total. The maximum absolute atomic E-state index is 12.1. The Morgan fingerprint density at radius 3 is 2.50 bits per heavy atom. The van der Waals surface area contributed by atoms with Gasteiger partial charge < -0.3 is 15.4 Å². The topological polar surface area (TPSA) is 67.4 Å². The zero-order chi connectivity index (χ0) is 17.7. The molecule has 2 aromatic carbocycles. The summed E-state index contributed by atoms with van der Waals surface area (Å²) in [6.45, 7) is 2.96. The maximum Gasteiger partial charge on any atom is 0.262 e. The van der Waals surface area contributed by atoms with Gasteiger partial charge in [0.15, 0.2) is 6.61 Å². The van der Waals surface area contributed by atoms with E-state index in [1.807, 2.05) is 6.92 Å². The number of carbonyl (C=O) groups is 2. The number of ether oxygens (including phenoxy) is 1. The van der Waals surface area contributed by atoms with Gasteiger partial charge in [0, 0.05) is 6.92 Å². The van der Waals surface area contributed by atoms with E-state index in [4.69, 9.17) is 27.9 Å². The third kappa shape index (κ3) is 4.63. The first kappa shape index (κ1) is 18.1. The van der Waals surface area contributed by atoms with Crippen LogP contribution >= 0.6 is 23.2 Å². The van der Waals surface area contributed by atoms with Crippen molar-refractivity contribution in [3.8, 4) is 5.75 Å². The molecule has 0 aliphatic rings. The van der Waals surface area contributed by atoms with Crippen molar-refractivity contribution in [1.29, 1.82) is 0 Å². The van der Waals surface area contributed by atoms with Gasteiger partial charge in [-0.05, 0) is 30.7 Å². The van der Waals surface area contributed by atoms with Crippen LogP contribution in [-0.2, 0) is 9.59 Å². The molecule has 2 amide bonds. The number of anilines is 2. The third-order valence-corrected chi connectivity index (χ3v) is 3.91. The first-order valence-corrected chi connectivity index (χ1v) is 7.88. The molecule has 0 bridgehead atoms. The van der Waals surface area contributed by atoms with Gasteiger partial charge in [0.25, 0.3) is 5.91 Å². The monoisotopic (exact) mass is 366 g/mol. The Labute approximate surface area is 149 Å². The second-order valence-corrected chi connectivity index (χ2v) is 5.85. The van der Waals surface area contributed by atoms with Crippen LogP contribution in [0.3, 0.4) is 0 Å². The molecule has 0 saturated carbocycles. The molecule has 7 heteroatoms. The molecule has 0 saturated heterocycles. The minimum absolute atomic E-state index is 0.228. The first-order valence-electron chi connectivity index (χ1n) is 7.12. The highest BCUT2D eigenvalue weighted by Gasteiger charge is 2.13. The fourth-order valence-corrected chi connectivity index (χ4v) is 2.44. The van der Waals surface area contributed by atoms with Crippen LogP contribution in [0.5, 0.6) is 5.75 Å². The van der Waals surface area contributed by atoms with Crippen molar-refractivity contribution in [3.05, 3.63) is 52.0 Å². The van der Waals surface area contributed by atoms with Gasteiger partial charge in [0.1, 0.15) is 5.75 Å². The Balaban J connectivity index is 2.05. The lowest BCUT2D eigenvalue weighted by Crippen LogP contribution is -2.21. The maximum atomic E-state index is 12.1. The van der Waals surface area contributed by atoms with Crippen molar-refractivity contribution in [3.63, 3.8) is 0 Å². The van der Waals surface area contributed by atoms with Crippen LogP contribution in [0.2, 0.25) is 10.0 Å². The van der Waals surface area contributed by atoms with Crippen LogP contribution in [0, 0.1) is 6.92 Å². The summed E-state index contributed by atoms with van der Waals surface area (Å²) in [7, 11) is 0. The molecule has 24 heavy (non-hydrogen) atoms. The summed E-state index contributed by atoms with van der Waals surface area (Å²) in [6, 6.07) is 10.3. The Morgan fingerprint density at radius 2 is 1.79 bits per heavy atom. The SMILES string of the molecule is CC(=O)Nc1ccccc1OCC(=O)Nc1c(Cl)ccc(C)c1Cl. The number of hydrogen-bond acceptors (Lipinski definition) is 3. The summed E-state index contributed by atoms with van der Waals surface area (Å²) >= 11 is 12.2. The van der Waals surface area contributed by atoms with Crippen molar-refractivity contribution in [2.75, 3.05) is 17.2 Å². The van der Waals surface area contributed by atoms with E-state index < -0.39 is 5.91 Å². The Bertz CT molecular complexity index is 778. The van der Waals surface area contributed by atoms with Gasteiger partial charge >= 0.3 is 0 Å². The quantitative estimate of drug-likeness (QED) is 0.829. The molecule has 0 unspecified atom stereocenters. The summed E-state index contributed by atoms with van der Waals surface area (Å²) in [6.07, 6.45) is 0. The molecule has 2 aromatic rings. The smallest absolute Gasteiger partial charge is 0.262 e. The number of hydrogen-bond donors (Lipinski definition) is 2. The summed E-state index contributed by atoms with van der Waals surface area (Å²) in [5, 5.41) is 6.00. The Kier molecular flexibility index (Phi) is 6.06. The van der Waals surface area contributed by atoms with Crippen molar-refractivity contribution in [2.24, 2.45) is 0 Å². The van der Waals surface area contributed by atoms with E-state index in [0.29, 0.717) is 27.2 Å². The second kappa shape index (κ2) is 8.04. The molecule has 0 spiro atoms.